The number of rotatable bonds is 6. The Morgan fingerprint density at radius 1 is 1.05 bits per heavy atom. The first-order chi connectivity index (χ1) is 19.5. The van der Waals surface area contributed by atoms with E-state index in [2.05, 4.69) is 20.2 Å². The van der Waals surface area contributed by atoms with Gasteiger partial charge in [-0.15, -0.1) is 0 Å². The zero-order chi connectivity index (χ0) is 27.4. The number of esters is 1. The summed E-state index contributed by atoms with van der Waals surface area (Å²) in [7, 11) is 1.46. The van der Waals surface area contributed by atoms with E-state index in [9.17, 15) is 13.6 Å². The van der Waals surface area contributed by atoms with Crippen molar-refractivity contribution in [2.45, 2.75) is 25.5 Å². The zero-order valence-corrected chi connectivity index (χ0v) is 21.8. The van der Waals surface area contributed by atoms with E-state index >= 15 is 0 Å². The van der Waals surface area contributed by atoms with Crippen LogP contribution in [0.3, 0.4) is 0 Å². The number of hydrogen-bond donors (Lipinski definition) is 1. The zero-order valence-electron chi connectivity index (χ0n) is 21.8. The van der Waals surface area contributed by atoms with Gasteiger partial charge >= 0.3 is 12.6 Å². The van der Waals surface area contributed by atoms with Crippen molar-refractivity contribution in [2.24, 2.45) is 17.8 Å². The summed E-state index contributed by atoms with van der Waals surface area (Å²) in [6.07, 6.45) is 5.67. The molecule has 1 saturated carbocycles. The quantitative estimate of drug-likeness (QED) is 0.347. The number of aromatic nitrogens is 4. The maximum Gasteiger partial charge on any atom is 0.387 e. The molecule has 2 bridgehead atoms. The predicted octanol–water partition coefficient (Wildman–Crippen LogP) is 4.75. The number of piperidine rings is 1. The Labute approximate surface area is 229 Å². The Kier molecular flexibility index (Phi) is 6.01. The van der Waals surface area contributed by atoms with E-state index in [1.54, 1.807) is 12.1 Å². The molecule has 3 aliphatic rings. The molecule has 2 fully saturated rings. The van der Waals surface area contributed by atoms with E-state index in [4.69, 9.17) is 14.5 Å². The molecule has 2 aliphatic heterocycles. The highest BCUT2D eigenvalue weighted by atomic mass is 19.3. The van der Waals surface area contributed by atoms with Crippen LogP contribution < -0.4 is 15.0 Å². The minimum absolute atomic E-state index is 0.0307. The minimum Gasteiger partial charge on any atom is -0.469 e. The smallest absolute Gasteiger partial charge is 0.387 e. The lowest BCUT2D eigenvalue weighted by Crippen LogP contribution is -2.45. The number of para-hydroxylation sites is 1. The van der Waals surface area contributed by atoms with Gasteiger partial charge in [0, 0.05) is 43.2 Å². The van der Waals surface area contributed by atoms with Gasteiger partial charge in [-0.25, -0.2) is 15.0 Å². The lowest BCUT2D eigenvalue weighted by atomic mass is 9.85. The average Bonchev–Trinajstić information content (AvgIpc) is 3.62. The molecule has 1 unspecified atom stereocenters. The lowest BCUT2D eigenvalue weighted by Gasteiger charge is -2.36. The van der Waals surface area contributed by atoms with Crippen LogP contribution in [0.2, 0.25) is 0 Å². The first-order valence-electron chi connectivity index (χ1n) is 13.4. The Hall–Kier alpha value is -4.28. The second-order valence-electron chi connectivity index (χ2n) is 10.6. The van der Waals surface area contributed by atoms with Crippen molar-refractivity contribution < 1.29 is 23.0 Å². The van der Waals surface area contributed by atoms with Crippen molar-refractivity contribution in [3.05, 3.63) is 60.4 Å². The summed E-state index contributed by atoms with van der Waals surface area (Å²) in [5, 5.41) is 3.30. The van der Waals surface area contributed by atoms with Crippen LogP contribution in [0, 0.1) is 17.8 Å². The van der Waals surface area contributed by atoms with Crippen molar-refractivity contribution in [1.29, 1.82) is 0 Å². The SMILES string of the molecule is COC(=O)[C@@H]1[C@@H]2CC[C@H]1CN(c1ncc(-c3ccc4nc5n(c4c3)C(c3ccccc3OC(F)F)CN5)cn1)C2. The largest absolute Gasteiger partial charge is 0.469 e. The maximum absolute atomic E-state index is 13.1. The number of benzene rings is 2. The van der Waals surface area contributed by atoms with Gasteiger partial charge in [0.1, 0.15) is 5.75 Å². The van der Waals surface area contributed by atoms with E-state index in [0.717, 1.165) is 48.1 Å². The van der Waals surface area contributed by atoms with E-state index in [-0.39, 0.29) is 35.5 Å². The first kappa shape index (κ1) is 24.7. The highest BCUT2D eigenvalue weighted by Gasteiger charge is 2.47. The average molecular weight is 547 g/mol. The van der Waals surface area contributed by atoms with Gasteiger partial charge in [-0.2, -0.15) is 8.78 Å². The van der Waals surface area contributed by atoms with E-state index in [1.807, 2.05) is 47.3 Å². The monoisotopic (exact) mass is 546 g/mol. The molecular weight excluding hydrogens is 518 g/mol. The Bertz CT molecular complexity index is 1560. The van der Waals surface area contributed by atoms with Crippen LogP contribution >= 0.6 is 0 Å². The molecule has 4 atom stereocenters. The summed E-state index contributed by atoms with van der Waals surface area (Å²) >= 11 is 0. The second kappa shape index (κ2) is 9.72. The number of imidazole rings is 1. The molecular formula is C29H28F2N6O3. The third-order valence-corrected chi connectivity index (χ3v) is 8.51. The van der Waals surface area contributed by atoms with Gasteiger partial charge in [0.15, 0.2) is 0 Å². The van der Waals surface area contributed by atoms with Crippen LogP contribution in [-0.4, -0.2) is 58.8 Å². The molecule has 1 N–H and O–H groups in total. The second-order valence-corrected chi connectivity index (χ2v) is 10.6. The fourth-order valence-electron chi connectivity index (χ4n) is 6.74. The molecule has 7 rings (SSSR count). The van der Waals surface area contributed by atoms with Gasteiger partial charge in [0.25, 0.3) is 0 Å². The predicted molar refractivity (Wildman–Crippen MR) is 144 cm³/mol. The van der Waals surface area contributed by atoms with Gasteiger partial charge in [0.2, 0.25) is 11.9 Å². The summed E-state index contributed by atoms with van der Waals surface area (Å²) in [4.78, 5) is 28.5. The van der Waals surface area contributed by atoms with Crippen molar-refractivity contribution in [3.8, 4) is 16.9 Å². The number of fused-ring (bicyclic) bond motifs is 5. The Morgan fingerprint density at radius 3 is 2.52 bits per heavy atom. The van der Waals surface area contributed by atoms with Crippen LogP contribution in [-0.2, 0) is 9.53 Å². The number of methoxy groups -OCH3 is 1. The highest BCUT2D eigenvalue weighted by molar-refractivity contribution is 5.85. The molecule has 0 radical (unpaired) electrons. The molecule has 4 aromatic rings. The summed E-state index contributed by atoms with van der Waals surface area (Å²) in [5.41, 5.74) is 4.12. The van der Waals surface area contributed by atoms with Gasteiger partial charge in [-0.3, -0.25) is 4.79 Å². The molecule has 0 spiro atoms. The first-order valence-corrected chi connectivity index (χ1v) is 13.4. The number of halogens is 2. The van der Waals surface area contributed by atoms with Crippen molar-refractivity contribution in [2.75, 3.05) is 37.0 Å². The topological polar surface area (TPSA) is 94.4 Å². The fourth-order valence-corrected chi connectivity index (χ4v) is 6.74. The standard InChI is InChI=1S/C29H28F2N6O3/c1-39-26(38)25-17-6-7-18(25)15-36(14-17)28-32-11-19(12-33-28)16-8-9-21-22(10-16)37-23(13-34-29(37)35-21)20-4-2-3-5-24(20)40-27(30)31/h2-5,8-12,17-18,23,25,27H,6-7,13-15H2,1H3,(H,34,35)/t17-,18+,23?,25-. The molecule has 9 nitrogen and oxygen atoms in total. The molecule has 1 saturated heterocycles. The van der Waals surface area contributed by atoms with Gasteiger partial charge < -0.3 is 24.3 Å². The van der Waals surface area contributed by atoms with Gasteiger partial charge in [0.05, 0.1) is 30.1 Å². The molecule has 4 heterocycles. The van der Waals surface area contributed by atoms with E-state index < -0.39 is 6.61 Å². The Balaban J connectivity index is 1.16. The van der Waals surface area contributed by atoms with Crippen molar-refractivity contribution in [3.63, 3.8) is 0 Å². The molecule has 11 heteroatoms. The number of ether oxygens (including phenoxy) is 2. The number of carbonyl (C=O) groups excluding carboxylic acids is 1. The molecule has 2 aromatic carbocycles. The maximum atomic E-state index is 13.1. The summed E-state index contributed by atoms with van der Waals surface area (Å²) < 4.78 is 38.1. The molecule has 2 aromatic heterocycles. The summed E-state index contributed by atoms with van der Waals surface area (Å²) in [6, 6.07) is 12.6. The van der Waals surface area contributed by atoms with E-state index in [1.165, 1.54) is 7.11 Å². The highest BCUT2D eigenvalue weighted by Crippen LogP contribution is 2.43. The number of nitrogens with one attached hydrogen (secondary N) is 1. The van der Waals surface area contributed by atoms with Crippen molar-refractivity contribution >= 4 is 28.9 Å². The van der Waals surface area contributed by atoms with Gasteiger partial charge in [-0.1, -0.05) is 24.3 Å². The van der Waals surface area contributed by atoms with Crippen LogP contribution in [0.1, 0.15) is 24.4 Å². The third kappa shape index (κ3) is 4.11. The summed E-state index contributed by atoms with van der Waals surface area (Å²) in [5.74, 6) is 1.89. The van der Waals surface area contributed by atoms with Crippen LogP contribution in [0.4, 0.5) is 20.7 Å². The fraction of sp³-hybridized carbons (Fsp3) is 0.379. The minimum atomic E-state index is -2.90. The number of anilines is 2. The number of carbonyl (C=O) groups is 1. The third-order valence-electron chi connectivity index (χ3n) is 8.51. The van der Waals surface area contributed by atoms with Crippen LogP contribution in [0.15, 0.2) is 54.9 Å². The molecule has 40 heavy (non-hydrogen) atoms. The lowest BCUT2D eigenvalue weighted by molar-refractivity contribution is -0.148. The van der Waals surface area contributed by atoms with Gasteiger partial charge in [-0.05, 0) is 48.4 Å². The number of alkyl halides is 2. The Morgan fingerprint density at radius 2 is 1.80 bits per heavy atom. The number of nitrogens with zero attached hydrogens (tertiary/aromatic N) is 5. The molecule has 0 amide bonds. The van der Waals surface area contributed by atoms with Crippen LogP contribution in [0.5, 0.6) is 5.75 Å². The van der Waals surface area contributed by atoms with E-state index in [0.29, 0.717) is 24.0 Å². The van der Waals surface area contributed by atoms with Crippen molar-refractivity contribution in [1.82, 2.24) is 19.5 Å². The summed E-state index contributed by atoms with van der Waals surface area (Å²) in [6.45, 7) is -0.902. The normalized spacial score (nSPS) is 23.4. The molecule has 1 aliphatic carbocycles. The molecule has 206 valence electrons. The number of hydrogen-bond acceptors (Lipinski definition) is 8. The van der Waals surface area contributed by atoms with Crippen LogP contribution in [0.25, 0.3) is 22.2 Å².